The van der Waals surface area contributed by atoms with Crippen molar-refractivity contribution in [3.05, 3.63) is 48.4 Å². The predicted molar refractivity (Wildman–Crippen MR) is 70.1 cm³/mol. The molecule has 5 heteroatoms. The first-order valence-corrected chi connectivity index (χ1v) is 5.61. The molecule has 1 heterocycles. The lowest BCUT2D eigenvalue weighted by Crippen LogP contribution is -2.30. The molecule has 1 atom stereocenters. The van der Waals surface area contributed by atoms with E-state index in [9.17, 15) is 4.79 Å². The smallest absolute Gasteiger partial charge is 0.319 e. The number of nitrogens with two attached hydrogens (primary N) is 1. The van der Waals surface area contributed by atoms with Gasteiger partial charge in [0.1, 0.15) is 5.76 Å². The maximum absolute atomic E-state index is 11.7. The summed E-state index contributed by atoms with van der Waals surface area (Å²) in [6, 6.07) is 10.1. The van der Waals surface area contributed by atoms with Crippen LogP contribution in [-0.2, 0) is 0 Å². The Hall–Kier alpha value is -2.43. The van der Waals surface area contributed by atoms with E-state index >= 15 is 0 Å². The van der Waals surface area contributed by atoms with Gasteiger partial charge in [-0.2, -0.15) is 0 Å². The van der Waals surface area contributed by atoms with Crippen molar-refractivity contribution >= 4 is 17.4 Å². The van der Waals surface area contributed by atoms with Gasteiger partial charge in [-0.15, -0.1) is 0 Å². The molecule has 0 aliphatic heterocycles. The van der Waals surface area contributed by atoms with Crippen LogP contribution in [0, 0.1) is 0 Å². The van der Waals surface area contributed by atoms with Gasteiger partial charge < -0.3 is 20.8 Å². The molecule has 18 heavy (non-hydrogen) atoms. The zero-order valence-electron chi connectivity index (χ0n) is 10.0. The van der Waals surface area contributed by atoms with Gasteiger partial charge in [0.2, 0.25) is 0 Å². The van der Waals surface area contributed by atoms with Crippen molar-refractivity contribution in [1.29, 1.82) is 0 Å². The topological polar surface area (TPSA) is 80.3 Å². The van der Waals surface area contributed by atoms with Crippen LogP contribution in [-0.4, -0.2) is 6.03 Å². The van der Waals surface area contributed by atoms with E-state index in [1.54, 1.807) is 36.6 Å². The highest BCUT2D eigenvalue weighted by atomic mass is 16.3. The predicted octanol–water partition coefficient (Wildman–Crippen LogP) is 2.74. The molecule has 5 nitrogen and oxygen atoms in total. The zero-order valence-corrected chi connectivity index (χ0v) is 10.0. The van der Waals surface area contributed by atoms with Crippen LogP contribution in [0.15, 0.2) is 47.1 Å². The Labute approximate surface area is 105 Å². The normalized spacial score (nSPS) is 11.8. The summed E-state index contributed by atoms with van der Waals surface area (Å²) < 4.78 is 5.20. The number of amides is 2. The van der Waals surface area contributed by atoms with E-state index in [0.29, 0.717) is 17.1 Å². The fourth-order valence-electron chi connectivity index (χ4n) is 1.59. The Morgan fingerprint density at radius 1 is 1.33 bits per heavy atom. The Bertz CT molecular complexity index is 523. The van der Waals surface area contributed by atoms with Crippen LogP contribution in [0.2, 0.25) is 0 Å². The lowest BCUT2D eigenvalue weighted by atomic mass is 10.2. The van der Waals surface area contributed by atoms with Crippen LogP contribution < -0.4 is 16.4 Å². The maximum Gasteiger partial charge on any atom is 0.319 e. The standard InChI is InChI=1S/C13H15N3O2/c1-9(12-6-3-7-18-12)15-13(17)16-11-5-2-4-10(14)8-11/h2-9H,14H2,1H3,(H2,15,16,17). The fraction of sp³-hybridized carbons (Fsp3) is 0.154. The fourth-order valence-corrected chi connectivity index (χ4v) is 1.59. The quantitative estimate of drug-likeness (QED) is 0.727. The second-order valence-corrected chi connectivity index (χ2v) is 3.96. The highest BCUT2D eigenvalue weighted by Crippen LogP contribution is 2.14. The molecule has 2 rings (SSSR count). The van der Waals surface area contributed by atoms with E-state index in [-0.39, 0.29) is 12.1 Å². The van der Waals surface area contributed by atoms with E-state index < -0.39 is 0 Å². The minimum Gasteiger partial charge on any atom is -0.467 e. The van der Waals surface area contributed by atoms with E-state index in [2.05, 4.69) is 10.6 Å². The van der Waals surface area contributed by atoms with Crippen molar-refractivity contribution in [3.8, 4) is 0 Å². The van der Waals surface area contributed by atoms with E-state index in [4.69, 9.17) is 10.2 Å². The molecule has 1 aromatic carbocycles. The first-order chi connectivity index (χ1) is 8.65. The van der Waals surface area contributed by atoms with Crippen LogP contribution in [0.4, 0.5) is 16.2 Å². The van der Waals surface area contributed by atoms with Gasteiger partial charge in [0, 0.05) is 11.4 Å². The monoisotopic (exact) mass is 245 g/mol. The summed E-state index contributed by atoms with van der Waals surface area (Å²) >= 11 is 0. The number of furan rings is 1. The number of hydrogen-bond acceptors (Lipinski definition) is 3. The summed E-state index contributed by atoms with van der Waals surface area (Å²) in [7, 11) is 0. The summed E-state index contributed by atoms with van der Waals surface area (Å²) in [5.74, 6) is 0.706. The van der Waals surface area contributed by atoms with Crippen molar-refractivity contribution in [2.75, 3.05) is 11.1 Å². The molecule has 0 radical (unpaired) electrons. The summed E-state index contributed by atoms with van der Waals surface area (Å²) in [6.07, 6.45) is 1.57. The number of nitrogens with one attached hydrogen (secondary N) is 2. The van der Waals surface area contributed by atoms with Crippen molar-refractivity contribution in [2.45, 2.75) is 13.0 Å². The SMILES string of the molecule is CC(NC(=O)Nc1cccc(N)c1)c1ccco1. The van der Waals surface area contributed by atoms with Crippen molar-refractivity contribution in [3.63, 3.8) is 0 Å². The second-order valence-electron chi connectivity index (χ2n) is 3.96. The van der Waals surface area contributed by atoms with Crippen molar-refractivity contribution in [1.82, 2.24) is 5.32 Å². The summed E-state index contributed by atoms with van der Waals surface area (Å²) in [4.78, 5) is 11.7. The van der Waals surface area contributed by atoms with Gasteiger partial charge in [0.15, 0.2) is 0 Å². The van der Waals surface area contributed by atoms with Crippen LogP contribution >= 0.6 is 0 Å². The van der Waals surface area contributed by atoms with E-state index in [0.717, 1.165) is 0 Å². The molecule has 2 amide bonds. The van der Waals surface area contributed by atoms with Gasteiger partial charge in [-0.3, -0.25) is 0 Å². The van der Waals surface area contributed by atoms with Gasteiger partial charge in [0.05, 0.1) is 12.3 Å². The molecule has 1 aromatic heterocycles. The van der Waals surface area contributed by atoms with Gasteiger partial charge in [-0.25, -0.2) is 4.79 Å². The minimum atomic E-state index is -0.301. The van der Waals surface area contributed by atoms with Crippen LogP contribution in [0.1, 0.15) is 18.7 Å². The summed E-state index contributed by atoms with van der Waals surface area (Å²) in [6.45, 7) is 1.85. The molecule has 94 valence electrons. The van der Waals surface area contributed by atoms with Crippen LogP contribution in [0.25, 0.3) is 0 Å². The van der Waals surface area contributed by atoms with E-state index in [1.165, 1.54) is 0 Å². The van der Waals surface area contributed by atoms with Gasteiger partial charge in [-0.1, -0.05) is 6.07 Å². The number of urea groups is 1. The average molecular weight is 245 g/mol. The molecule has 0 saturated heterocycles. The van der Waals surface area contributed by atoms with Gasteiger partial charge in [0.25, 0.3) is 0 Å². The number of benzene rings is 1. The molecule has 4 N–H and O–H groups in total. The third-order valence-electron chi connectivity index (χ3n) is 2.46. The highest BCUT2D eigenvalue weighted by Gasteiger charge is 2.11. The summed E-state index contributed by atoms with van der Waals surface area (Å²) in [5, 5.41) is 5.47. The number of nitrogen functional groups attached to an aromatic ring is 1. The van der Waals surface area contributed by atoms with Crippen molar-refractivity contribution in [2.24, 2.45) is 0 Å². The molecule has 2 aromatic rings. The molecule has 1 unspecified atom stereocenters. The molecule has 0 spiro atoms. The Morgan fingerprint density at radius 3 is 2.83 bits per heavy atom. The Kier molecular flexibility index (Phi) is 3.52. The molecule has 0 bridgehead atoms. The van der Waals surface area contributed by atoms with Gasteiger partial charge >= 0.3 is 6.03 Å². The van der Waals surface area contributed by atoms with Gasteiger partial charge in [-0.05, 0) is 37.3 Å². The lowest BCUT2D eigenvalue weighted by molar-refractivity contribution is 0.247. The van der Waals surface area contributed by atoms with Crippen LogP contribution in [0.3, 0.4) is 0 Å². The first kappa shape index (κ1) is 12.0. The molecular formula is C13H15N3O2. The number of anilines is 2. The minimum absolute atomic E-state index is 0.193. The number of rotatable bonds is 3. The third-order valence-corrected chi connectivity index (χ3v) is 2.46. The second kappa shape index (κ2) is 5.27. The molecule has 0 saturated carbocycles. The Balaban J connectivity index is 1.93. The van der Waals surface area contributed by atoms with Crippen molar-refractivity contribution < 1.29 is 9.21 Å². The summed E-state index contributed by atoms with van der Waals surface area (Å²) in [5.41, 5.74) is 6.88. The average Bonchev–Trinajstić information content (AvgIpc) is 2.81. The lowest BCUT2D eigenvalue weighted by Gasteiger charge is -2.12. The number of hydrogen-bond donors (Lipinski definition) is 3. The van der Waals surface area contributed by atoms with Crippen LogP contribution in [0.5, 0.6) is 0 Å². The molecule has 0 aliphatic rings. The largest absolute Gasteiger partial charge is 0.467 e. The highest BCUT2D eigenvalue weighted by molar-refractivity contribution is 5.89. The third kappa shape index (κ3) is 3.04. The first-order valence-electron chi connectivity index (χ1n) is 5.61. The molecular weight excluding hydrogens is 230 g/mol. The number of carbonyl (C=O) groups is 1. The molecule has 0 aliphatic carbocycles. The Morgan fingerprint density at radius 2 is 2.17 bits per heavy atom. The molecule has 0 fully saturated rings. The zero-order chi connectivity index (χ0) is 13.0. The maximum atomic E-state index is 11.7. The van der Waals surface area contributed by atoms with E-state index in [1.807, 2.05) is 13.0 Å². The number of carbonyl (C=O) groups excluding carboxylic acids is 1.